The van der Waals surface area contributed by atoms with Crippen LogP contribution >= 0.6 is 11.6 Å². The number of benzene rings is 1. The predicted molar refractivity (Wildman–Crippen MR) is 79.5 cm³/mol. The Morgan fingerprint density at radius 2 is 2.10 bits per heavy atom. The van der Waals surface area contributed by atoms with E-state index in [2.05, 4.69) is 0 Å². The van der Waals surface area contributed by atoms with Crippen LogP contribution in [-0.4, -0.2) is 34.5 Å². The third-order valence-electron chi connectivity index (χ3n) is 4.82. The van der Waals surface area contributed by atoms with Gasteiger partial charge in [-0.15, -0.1) is 0 Å². The molecule has 4 nitrogen and oxygen atoms in total. The van der Waals surface area contributed by atoms with Crippen molar-refractivity contribution in [2.24, 2.45) is 11.8 Å². The van der Waals surface area contributed by atoms with E-state index in [-0.39, 0.29) is 11.8 Å². The molecule has 21 heavy (non-hydrogen) atoms. The number of hydrogen-bond acceptors (Lipinski definition) is 2. The summed E-state index contributed by atoms with van der Waals surface area (Å²) in [4.78, 5) is 25.9. The fraction of sp³-hybridized carbons (Fsp3) is 0.500. The van der Waals surface area contributed by atoms with Crippen molar-refractivity contribution >= 4 is 23.5 Å². The smallest absolute Gasteiger partial charge is 0.326 e. The summed E-state index contributed by atoms with van der Waals surface area (Å²) in [6.45, 7) is 2.38. The minimum absolute atomic E-state index is 0.110. The molecule has 0 spiro atoms. The number of amides is 1. The quantitative estimate of drug-likeness (QED) is 0.914. The number of hydrogen-bond donors (Lipinski definition) is 1. The van der Waals surface area contributed by atoms with Gasteiger partial charge in [0.05, 0.1) is 0 Å². The van der Waals surface area contributed by atoms with Gasteiger partial charge in [0.1, 0.15) is 6.04 Å². The van der Waals surface area contributed by atoms with Crippen molar-refractivity contribution in [3.8, 4) is 0 Å². The lowest BCUT2D eigenvalue weighted by molar-refractivity contribution is -0.142. The molecule has 3 rings (SSSR count). The maximum atomic E-state index is 12.7. The van der Waals surface area contributed by atoms with Gasteiger partial charge in [0, 0.05) is 17.1 Å². The number of carbonyl (C=O) groups excluding carboxylic acids is 1. The zero-order chi connectivity index (χ0) is 15.1. The van der Waals surface area contributed by atoms with Crippen LogP contribution in [0.5, 0.6) is 0 Å². The van der Waals surface area contributed by atoms with Crippen LogP contribution in [0, 0.1) is 18.8 Å². The molecule has 2 aliphatic rings. The van der Waals surface area contributed by atoms with E-state index in [0.29, 0.717) is 23.0 Å². The molecule has 1 aromatic rings. The average molecular weight is 308 g/mol. The summed E-state index contributed by atoms with van der Waals surface area (Å²) in [5.74, 6) is -0.628. The molecule has 1 aliphatic heterocycles. The first-order valence-corrected chi connectivity index (χ1v) is 7.66. The van der Waals surface area contributed by atoms with Gasteiger partial charge >= 0.3 is 5.97 Å². The molecular weight excluding hydrogens is 290 g/mol. The zero-order valence-electron chi connectivity index (χ0n) is 11.9. The van der Waals surface area contributed by atoms with Crippen molar-refractivity contribution in [3.63, 3.8) is 0 Å². The van der Waals surface area contributed by atoms with Gasteiger partial charge in [-0.2, -0.15) is 0 Å². The van der Waals surface area contributed by atoms with Gasteiger partial charge in [-0.25, -0.2) is 4.79 Å². The molecule has 1 saturated carbocycles. The molecule has 5 heteroatoms. The van der Waals surface area contributed by atoms with Crippen LogP contribution in [0.2, 0.25) is 5.02 Å². The minimum Gasteiger partial charge on any atom is -0.480 e. The van der Waals surface area contributed by atoms with E-state index in [0.717, 1.165) is 24.8 Å². The number of carboxylic acid groups (broad SMARTS) is 1. The first-order chi connectivity index (χ1) is 9.99. The van der Waals surface area contributed by atoms with Crippen molar-refractivity contribution in [2.45, 2.75) is 32.2 Å². The van der Waals surface area contributed by atoms with Crippen molar-refractivity contribution in [1.82, 2.24) is 4.90 Å². The molecule has 112 valence electrons. The lowest BCUT2D eigenvalue weighted by Crippen LogP contribution is -2.43. The fourth-order valence-corrected chi connectivity index (χ4v) is 4.08. The molecule has 1 aliphatic carbocycles. The van der Waals surface area contributed by atoms with Gasteiger partial charge < -0.3 is 10.0 Å². The zero-order valence-corrected chi connectivity index (χ0v) is 12.6. The van der Waals surface area contributed by atoms with Crippen LogP contribution in [0.4, 0.5) is 0 Å². The highest BCUT2D eigenvalue weighted by Crippen LogP contribution is 2.42. The van der Waals surface area contributed by atoms with Gasteiger partial charge in [-0.3, -0.25) is 4.79 Å². The molecule has 3 atom stereocenters. The van der Waals surface area contributed by atoms with Gasteiger partial charge in [-0.05, 0) is 55.4 Å². The summed E-state index contributed by atoms with van der Waals surface area (Å²) in [7, 11) is 0. The van der Waals surface area contributed by atoms with Crippen LogP contribution in [0.3, 0.4) is 0 Å². The van der Waals surface area contributed by atoms with Crippen LogP contribution in [0.1, 0.15) is 35.2 Å². The number of nitrogens with zero attached hydrogens (tertiary/aromatic N) is 1. The number of halogens is 1. The van der Waals surface area contributed by atoms with E-state index in [1.807, 2.05) is 6.92 Å². The summed E-state index contributed by atoms with van der Waals surface area (Å²) in [5, 5.41) is 10.1. The summed E-state index contributed by atoms with van der Waals surface area (Å²) in [5.41, 5.74) is 1.33. The van der Waals surface area contributed by atoms with Gasteiger partial charge in [-0.1, -0.05) is 18.0 Å². The van der Waals surface area contributed by atoms with E-state index in [9.17, 15) is 14.7 Å². The van der Waals surface area contributed by atoms with Crippen molar-refractivity contribution in [2.75, 3.05) is 6.54 Å². The minimum atomic E-state index is -0.885. The number of aryl methyl sites for hydroxylation is 1. The Morgan fingerprint density at radius 3 is 2.76 bits per heavy atom. The molecule has 1 aromatic carbocycles. The van der Waals surface area contributed by atoms with E-state index < -0.39 is 12.0 Å². The average Bonchev–Trinajstić information content (AvgIpc) is 2.96. The largest absolute Gasteiger partial charge is 0.480 e. The number of carbonyl (C=O) groups is 2. The summed E-state index contributed by atoms with van der Waals surface area (Å²) in [6.07, 6.45) is 3.00. The molecule has 1 amide bonds. The molecule has 1 heterocycles. The summed E-state index contributed by atoms with van der Waals surface area (Å²) in [6, 6.07) is 4.42. The third-order valence-corrected chi connectivity index (χ3v) is 5.06. The number of rotatable bonds is 2. The fourth-order valence-electron chi connectivity index (χ4n) is 3.85. The van der Waals surface area contributed by atoms with E-state index in [1.54, 1.807) is 23.1 Å². The van der Waals surface area contributed by atoms with E-state index in [1.165, 1.54) is 0 Å². The monoisotopic (exact) mass is 307 g/mol. The molecule has 3 unspecified atom stereocenters. The Morgan fingerprint density at radius 1 is 1.33 bits per heavy atom. The number of likely N-dealkylation sites (tertiary alicyclic amines) is 1. The van der Waals surface area contributed by atoms with Gasteiger partial charge in [0.2, 0.25) is 0 Å². The maximum Gasteiger partial charge on any atom is 0.326 e. The normalized spacial score (nSPS) is 27.7. The van der Waals surface area contributed by atoms with Crippen LogP contribution in [0.15, 0.2) is 18.2 Å². The molecule has 1 saturated heterocycles. The second-order valence-electron chi connectivity index (χ2n) is 6.05. The molecule has 2 fully saturated rings. The second-order valence-corrected chi connectivity index (χ2v) is 6.49. The highest BCUT2D eigenvalue weighted by molar-refractivity contribution is 6.30. The van der Waals surface area contributed by atoms with Gasteiger partial charge in [0.25, 0.3) is 5.91 Å². The van der Waals surface area contributed by atoms with Crippen LogP contribution in [0.25, 0.3) is 0 Å². The van der Waals surface area contributed by atoms with E-state index in [4.69, 9.17) is 11.6 Å². The Labute approximate surface area is 128 Å². The van der Waals surface area contributed by atoms with Crippen LogP contribution in [-0.2, 0) is 4.79 Å². The summed E-state index contributed by atoms with van der Waals surface area (Å²) < 4.78 is 0. The first kappa shape index (κ1) is 14.4. The molecule has 0 bridgehead atoms. The number of carboxylic acids is 1. The molecular formula is C16H18ClNO3. The summed E-state index contributed by atoms with van der Waals surface area (Å²) >= 11 is 5.92. The van der Waals surface area contributed by atoms with Crippen molar-refractivity contribution in [1.29, 1.82) is 0 Å². The Kier molecular flexibility index (Phi) is 3.66. The Balaban J connectivity index is 1.91. The Hall–Kier alpha value is -1.55. The van der Waals surface area contributed by atoms with Crippen molar-refractivity contribution in [3.05, 3.63) is 34.3 Å². The first-order valence-electron chi connectivity index (χ1n) is 7.29. The van der Waals surface area contributed by atoms with E-state index >= 15 is 0 Å². The number of aliphatic carboxylic acids is 1. The molecule has 1 N–H and O–H groups in total. The van der Waals surface area contributed by atoms with Crippen molar-refractivity contribution < 1.29 is 14.7 Å². The second kappa shape index (κ2) is 5.34. The predicted octanol–water partition coefficient (Wildman–Crippen LogP) is 2.97. The topological polar surface area (TPSA) is 57.6 Å². The standard InChI is InChI=1S/C16H18ClNO3/c1-9-7-11(17)5-6-12(9)15(19)18-8-10-3-2-4-13(10)14(18)16(20)21/h5-7,10,13-14H,2-4,8H2,1H3,(H,20,21). The van der Waals surface area contributed by atoms with Gasteiger partial charge in [0.15, 0.2) is 0 Å². The number of fused-ring (bicyclic) bond motifs is 1. The lowest BCUT2D eigenvalue weighted by Gasteiger charge is -2.25. The third kappa shape index (κ3) is 2.42. The lowest BCUT2D eigenvalue weighted by atomic mass is 9.94. The SMILES string of the molecule is Cc1cc(Cl)ccc1C(=O)N1CC2CCCC2C1C(=O)O. The highest BCUT2D eigenvalue weighted by Gasteiger charge is 2.49. The Bertz CT molecular complexity index is 601. The molecule has 0 aromatic heterocycles. The highest BCUT2D eigenvalue weighted by atomic mass is 35.5. The van der Waals surface area contributed by atoms with Crippen LogP contribution < -0.4 is 0 Å². The molecule has 0 radical (unpaired) electrons. The maximum absolute atomic E-state index is 12.7.